The third-order valence-electron chi connectivity index (χ3n) is 2.68. The van der Waals surface area contributed by atoms with Gasteiger partial charge in [-0.05, 0) is 24.6 Å². The number of benzene rings is 1. The molecule has 0 aliphatic rings. The number of carbonyl (C=O) groups excluding carboxylic acids is 1. The Balaban J connectivity index is 2.52. The van der Waals surface area contributed by atoms with E-state index in [2.05, 4.69) is 5.32 Å². The van der Waals surface area contributed by atoms with E-state index in [1.165, 1.54) is 11.8 Å². The van der Waals surface area contributed by atoms with Crippen LogP contribution in [0.5, 0.6) is 0 Å². The highest BCUT2D eigenvalue weighted by molar-refractivity contribution is 8.00. The maximum Gasteiger partial charge on any atom is 0.305 e. The molecule has 0 bridgehead atoms. The highest BCUT2D eigenvalue weighted by Crippen LogP contribution is 2.29. The van der Waals surface area contributed by atoms with Gasteiger partial charge in [0.25, 0.3) is 0 Å². The van der Waals surface area contributed by atoms with E-state index in [0.29, 0.717) is 16.5 Å². The number of carboxylic acids is 1. The Labute approximate surface area is 138 Å². The molecule has 1 unspecified atom stereocenters. The number of halogens is 2. The van der Waals surface area contributed by atoms with Gasteiger partial charge in [0.15, 0.2) is 0 Å². The smallest absolute Gasteiger partial charge is 0.305 e. The third kappa shape index (κ3) is 7.07. The molecule has 0 saturated carbocycles. The van der Waals surface area contributed by atoms with Crippen molar-refractivity contribution in [3.63, 3.8) is 0 Å². The van der Waals surface area contributed by atoms with Gasteiger partial charge in [-0.25, -0.2) is 0 Å². The number of aliphatic carboxylic acids is 1. The molecule has 1 aromatic carbocycles. The Morgan fingerprint density at radius 1 is 1.38 bits per heavy atom. The number of carbonyl (C=O) groups is 2. The van der Waals surface area contributed by atoms with Gasteiger partial charge in [0.1, 0.15) is 0 Å². The van der Waals surface area contributed by atoms with Gasteiger partial charge in [-0.15, -0.1) is 11.8 Å². The summed E-state index contributed by atoms with van der Waals surface area (Å²) in [5.74, 6) is -0.963. The van der Waals surface area contributed by atoms with Crippen molar-refractivity contribution < 1.29 is 14.7 Å². The molecule has 0 fully saturated rings. The first-order valence-corrected chi connectivity index (χ1v) is 8.25. The molecule has 1 aromatic rings. The topological polar surface area (TPSA) is 66.4 Å². The molecule has 0 aliphatic carbocycles. The van der Waals surface area contributed by atoms with Crippen LogP contribution < -0.4 is 5.32 Å². The summed E-state index contributed by atoms with van der Waals surface area (Å²) in [4.78, 5) is 23.3. The summed E-state index contributed by atoms with van der Waals surface area (Å²) in [5, 5.41) is 12.6. The van der Waals surface area contributed by atoms with Crippen molar-refractivity contribution in [2.75, 3.05) is 5.75 Å². The van der Waals surface area contributed by atoms with Crippen LogP contribution in [0.25, 0.3) is 0 Å². The Morgan fingerprint density at radius 3 is 2.71 bits per heavy atom. The Bertz CT molecular complexity index is 511. The van der Waals surface area contributed by atoms with Crippen LogP contribution in [0.4, 0.5) is 0 Å². The normalized spacial score (nSPS) is 12.0. The average molecular weight is 350 g/mol. The molecule has 7 heteroatoms. The molecule has 4 nitrogen and oxygen atoms in total. The van der Waals surface area contributed by atoms with E-state index in [9.17, 15) is 9.59 Å². The van der Waals surface area contributed by atoms with Gasteiger partial charge in [0.05, 0.1) is 17.2 Å². The predicted molar refractivity (Wildman–Crippen MR) is 86.3 cm³/mol. The quantitative estimate of drug-likeness (QED) is 0.699. The number of nitrogens with one attached hydrogen (secondary N) is 1. The van der Waals surface area contributed by atoms with Crippen LogP contribution in [0.1, 0.15) is 26.2 Å². The number of amides is 1. The summed E-state index contributed by atoms with van der Waals surface area (Å²) < 4.78 is 0. The lowest BCUT2D eigenvalue weighted by Gasteiger charge is -2.16. The molecule has 0 radical (unpaired) electrons. The van der Waals surface area contributed by atoms with Gasteiger partial charge in [-0.2, -0.15) is 0 Å². The Hall–Kier alpha value is -0.910. The fourth-order valence-electron chi connectivity index (χ4n) is 1.78. The Morgan fingerprint density at radius 2 is 2.10 bits per heavy atom. The van der Waals surface area contributed by atoms with Crippen molar-refractivity contribution in [2.45, 2.75) is 37.1 Å². The molecule has 0 heterocycles. The predicted octanol–water partition coefficient (Wildman–Crippen LogP) is 3.85. The minimum absolute atomic E-state index is 0.0673. The van der Waals surface area contributed by atoms with Crippen LogP contribution >= 0.6 is 35.0 Å². The number of hydrogen-bond acceptors (Lipinski definition) is 3. The summed E-state index contributed by atoms with van der Waals surface area (Å²) in [7, 11) is 0. The SMILES string of the molecule is CCCC(CC(=O)O)NC(=O)CSc1cc(Cl)ccc1Cl. The van der Waals surface area contributed by atoms with Crippen molar-refractivity contribution in [1.29, 1.82) is 0 Å². The van der Waals surface area contributed by atoms with Gasteiger partial charge in [0, 0.05) is 16.0 Å². The lowest BCUT2D eigenvalue weighted by Crippen LogP contribution is -2.37. The van der Waals surface area contributed by atoms with Crippen LogP contribution in [-0.2, 0) is 9.59 Å². The van der Waals surface area contributed by atoms with Crippen molar-refractivity contribution in [3.05, 3.63) is 28.2 Å². The van der Waals surface area contributed by atoms with Crippen LogP contribution in [0.15, 0.2) is 23.1 Å². The average Bonchev–Trinajstić information content (AvgIpc) is 2.39. The second kappa shape index (κ2) is 9.18. The number of carboxylic acid groups (broad SMARTS) is 1. The molecule has 0 saturated heterocycles. The van der Waals surface area contributed by atoms with Gasteiger partial charge in [0.2, 0.25) is 5.91 Å². The zero-order valence-corrected chi connectivity index (χ0v) is 13.9. The highest BCUT2D eigenvalue weighted by Gasteiger charge is 2.15. The van der Waals surface area contributed by atoms with E-state index in [1.54, 1.807) is 18.2 Å². The lowest BCUT2D eigenvalue weighted by molar-refractivity contribution is -0.137. The van der Waals surface area contributed by atoms with Gasteiger partial charge in [-0.1, -0.05) is 36.5 Å². The van der Waals surface area contributed by atoms with Crippen molar-refractivity contribution in [1.82, 2.24) is 5.32 Å². The summed E-state index contributed by atoms with van der Waals surface area (Å²) in [6.45, 7) is 1.95. The molecule has 1 atom stereocenters. The largest absolute Gasteiger partial charge is 0.481 e. The fraction of sp³-hybridized carbons (Fsp3) is 0.429. The first kappa shape index (κ1) is 18.1. The number of hydrogen-bond donors (Lipinski definition) is 2. The standard InChI is InChI=1S/C14H17Cl2NO3S/c1-2-3-10(7-14(19)20)17-13(18)8-21-12-6-9(15)4-5-11(12)16/h4-6,10H,2-3,7-8H2,1H3,(H,17,18)(H,19,20). The molecule has 0 spiro atoms. The fourth-order valence-corrected chi connectivity index (χ4v) is 3.09. The maximum atomic E-state index is 11.9. The summed E-state index contributed by atoms with van der Waals surface area (Å²) >= 11 is 13.2. The van der Waals surface area contributed by atoms with Crippen LogP contribution in [0.2, 0.25) is 10.0 Å². The summed E-state index contributed by atoms with van der Waals surface area (Å²) in [5.41, 5.74) is 0. The highest BCUT2D eigenvalue weighted by atomic mass is 35.5. The molecule has 0 aliphatic heterocycles. The lowest BCUT2D eigenvalue weighted by atomic mass is 10.1. The summed E-state index contributed by atoms with van der Waals surface area (Å²) in [6, 6.07) is 4.71. The minimum atomic E-state index is -0.917. The van der Waals surface area contributed by atoms with Crippen molar-refractivity contribution >= 4 is 46.8 Å². The van der Waals surface area contributed by atoms with Crippen LogP contribution in [0.3, 0.4) is 0 Å². The van der Waals surface area contributed by atoms with Crippen molar-refractivity contribution in [2.24, 2.45) is 0 Å². The van der Waals surface area contributed by atoms with E-state index >= 15 is 0 Å². The van der Waals surface area contributed by atoms with Crippen LogP contribution in [0, 0.1) is 0 Å². The number of rotatable bonds is 8. The van der Waals surface area contributed by atoms with E-state index < -0.39 is 5.97 Å². The van der Waals surface area contributed by atoms with E-state index in [0.717, 1.165) is 11.3 Å². The molecule has 2 N–H and O–H groups in total. The van der Waals surface area contributed by atoms with E-state index in [1.807, 2.05) is 6.92 Å². The molecular weight excluding hydrogens is 333 g/mol. The van der Waals surface area contributed by atoms with E-state index in [-0.39, 0.29) is 24.1 Å². The Kier molecular flexibility index (Phi) is 7.93. The molecular formula is C14H17Cl2NO3S. The third-order valence-corrected chi connectivity index (χ3v) is 4.41. The molecule has 116 valence electrons. The number of thioether (sulfide) groups is 1. The van der Waals surface area contributed by atoms with Crippen molar-refractivity contribution in [3.8, 4) is 0 Å². The second-order valence-electron chi connectivity index (χ2n) is 4.51. The zero-order valence-electron chi connectivity index (χ0n) is 11.6. The van der Waals surface area contributed by atoms with Gasteiger partial charge < -0.3 is 10.4 Å². The first-order chi connectivity index (χ1) is 9.92. The van der Waals surface area contributed by atoms with Gasteiger partial charge >= 0.3 is 5.97 Å². The molecule has 1 rings (SSSR count). The molecule has 1 amide bonds. The molecule has 0 aromatic heterocycles. The summed E-state index contributed by atoms with van der Waals surface area (Å²) in [6.07, 6.45) is 1.38. The van der Waals surface area contributed by atoms with Gasteiger partial charge in [-0.3, -0.25) is 9.59 Å². The van der Waals surface area contributed by atoms with E-state index in [4.69, 9.17) is 28.3 Å². The monoisotopic (exact) mass is 349 g/mol. The minimum Gasteiger partial charge on any atom is -0.481 e. The first-order valence-electron chi connectivity index (χ1n) is 6.51. The maximum absolute atomic E-state index is 11.9. The second-order valence-corrected chi connectivity index (χ2v) is 6.38. The van der Waals surface area contributed by atoms with Crippen LogP contribution in [-0.4, -0.2) is 28.8 Å². The zero-order chi connectivity index (χ0) is 15.8. The molecule has 21 heavy (non-hydrogen) atoms.